The summed E-state index contributed by atoms with van der Waals surface area (Å²) < 4.78 is 27.0. The highest BCUT2D eigenvalue weighted by Gasteiger charge is 2.26. The number of carbonyl (C=O) groups excluding carboxylic acids is 1. The summed E-state index contributed by atoms with van der Waals surface area (Å²) in [5.41, 5.74) is 1.73. The molecule has 0 bridgehead atoms. The largest absolute Gasteiger partial charge is 0.369 e. The lowest BCUT2D eigenvalue weighted by Gasteiger charge is -2.35. The summed E-state index contributed by atoms with van der Waals surface area (Å²) in [4.78, 5) is 14.8. The van der Waals surface area contributed by atoms with Crippen LogP contribution < -0.4 is 10.2 Å². The third-order valence-corrected chi connectivity index (χ3v) is 7.61. The second-order valence-electron chi connectivity index (χ2n) is 7.67. The molecule has 162 valence electrons. The van der Waals surface area contributed by atoms with Crippen LogP contribution in [0.2, 0.25) is 0 Å². The van der Waals surface area contributed by atoms with Crippen LogP contribution in [0.25, 0.3) is 10.8 Å². The van der Waals surface area contributed by atoms with Gasteiger partial charge >= 0.3 is 0 Å². The van der Waals surface area contributed by atoms with Crippen LogP contribution >= 0.6 is 0 Å². The van der Waals surface area contributed by atoms with Gasteiger partial charge in [0.05, 0.1) is 5.75 Å². The van der Waals surface area contributed by atoms with E-state index in [0.717, 1.165) is 16.5 Å². The molecule has 1 N–H and O–H groups in total. The van der Waals surface area contributed by atoms with Crippen LogP contribution in [0, 0.1) is 0 Å². The SMILES string of the molecule is O=C(NCCCS(=O)(=O)N1CCN(c2ccccc2)CC1)c1cccc2ccccc12. The maximum absolute atomic E-state index is 12.7. The summed E-state index contributed by atoms with van der Waals surface area (Å²) in [6.07, 6.45) is 0.387. The molecule has 1 aliphatic rings. The van der Waals surface area contributed by atoms with E-state index in [2.05, 4.69) is 10.2 Å². The van der Waals surface area contributed by atoms with E-state index < -0.39 is 10.0 Å². The van der Waals surface area contributed by atoms with Gasteiger partial charge in [0.2, 0.25) is 10.0 Å². The molecule has 0 saturated carbocycles. The van der Waals surface area contributed by atoms with Gasteiger partial charge < -0.3 is 10.2 Å². The minimum absolute atomic E-state index is 0.0359. The molecule has 0 spiro atoms. The van der Waals surface area contributed by atoms with Crippen molar-refractivity contribution in [1.29, 1.82) is 0 Å². The molecule has 0 radical (unpaired) electrons. The van der Waals surface area contributed by atoms with Crippen LogP contribution in [0.1, 0.15) is 16.8 Å². The van der Waals surface area contributed by atoms with E-state index in [9.17, 15) is 13.2 Å². The molecule has 4 rings (SSSR count). The molecule has 1 fully saturated rings. The van der Waals surface area contributed by atoms with Crippen LogP contribution in [0.4, 0.5) is 5.69 Å². The Balaban J connectivity index is 1.26. The Morgan fingerprint density at radius 3 is 2.29 bits per heavy atom. The maximum Gasteiger partial charge on any atom is 0.251 e. The Hall–Kier alpha value is -2.90. The molecule has 1 saturated heterocycles. The lowest BCUT2D eigenvalue weighted by atomic mass is 10.0. The first kappa shape index (κ1) is 21.3. The number of carbonyl (C=O) groups is 1. The van der Waals surface area contributed by atoms with E-state index in [1.807, 2.05) is 66.7 Å². The lowest BCUT2D eigenvalue weighted by molar-refractivity contribution is 0.0955. The van der Waals surface area contributed by atoms with E-state index >= 15 is 0 Å². The number of nitrogens with zero attached hydrogens (tertiary/aromatic N) is 2. The first-order chi connectivity index (χ1) is 15.0. The summed E-state index contributed by atoms with van der Waals surface area (Å²) in [7, 11) is -3.33. The number of hydrogen-bond acceptors (Lipinski definition) is 4. The van der Waals surface area contributed by atoms with Gasteiger partial charge in [0, 0.05) is 44.0 Å². The Morgan fingerprint density at radius 2 is 1.52 bits per heavy atom. The van der Waals surface area contributed by atoms with Crippen molar-refractivity contribution < 1.29 is 13.2 Å². The summed E-state index contributed by atoms with van der Waals surface area (Å²) >= 11 is 0. The van der Waals surface area contributed by atoms with Gasteiger partial charge in [0.15, 0.2) is 0 Å². The molecule has 0 atom stereocenters. The zero-order chi connectivity index (χ0) is 21.7. The number of amides is 1. The number of benzene rings is 3. The van der Waals surface area contributed by atoms with Crippen molar-refractivity contribution in [3.8, 4) is 0 Å². The number of sulfonamides is 1. The van der Waals surface area contributed by atoms with Gasteiger partial charge in [-0.25, -0.2) is 8.42 Å². The summed E-state index contributed by atoms with van der Waals surface area (Å²) in [6, 6.07) is 23.4. The normalized spacial score (nSPS) is 15.2. The van der Waals surface area contributed by atoms with Gasteiger partial charge in [-0.05, 0) is 35.4 Å². The number of anilines is 1. The van der Waals surface area contributed by atoms with Crippen LogP contribution in [0.5, 0.6) is 0 Å². The van der Waals surface area contributed by atoms with Crippen molar-refractivity contribution in [1.82, 2.24) is 9.62 Å². The van der Waals surface area contributed by atoms with E-state index in [1.54, 1.807) is 10.4 Å². The highest BCUT2D eigenvalue weighted by atomic mass is 32.2. The fourth-order valence-electron chi connectivity index (χ4n) is 3.97. The Morgan fingerprint density at radius 1 is 0.839 bits per heavy atom. The molecule has 0 aliphatic carbocycles. The van der Waals surface area contributed by atoms with Crippen molar-refractivity contribution in [3.63, 3.8) is 0 Å². The molecule has 3 aromatic rings. The quantitative estimate of drug-likeness (QED) is 0.577. The van der Waals surface area contributed by atoms with Crippen molar-refractivity contribution >= 4 is 32.4 Å². The molecule has 1 heterocycles. The van der Waals surface area contributed by atoms with E-state index in [4.69, 9.17) is 0 Å². The zero-order valence-corrected chi connectivity index (χ0v) is 18.2. The first-order valence-electron chi connectivity index (χ1n) is 10.6. The summed E-state index contributed by atoms with van der Waals surface area (Å²) in [5, 5.41) is 4.77. The van der Waals surface area contributed by atoms with Gasteiger partial charge in [0.25, 0.3) is 5.91 Å². The number of fused-ring (bicyclic) bond motifs is 1. The van der Waals surface area contributed by atoms with Gasteiger partial charge in [-0.3, -0.25) is 4.79 Å². The van der Waals surface area contributed by atoms with E-state index in [-0.39, 0.29) is 11.7 Å². The Labute approximate surface area is 183 Å². The van der Waals surface area contributed by atoms with Crippen LogP contribution in [0.3, 0.4) is 0 Å². The standard InChI is InChI=1S/C24H27N3O3S/c28-24(23-13-6-9-20-8-4-5-12-22(20)23)25-14-7-19-31(29,30)27-17-15-26(16-18-27)21-10-2-1-3-11-21/h1-6,8-13H,7,14-19H2,(H,25,28). The molecule has 7 heteroatoms. The smallest absolute Gasteiger partial charge is 0.251 e. The first-order valence-corrected chi connectivity index (χ1v) is 12.2. The molecule has 0 unspecified atom stereocenters. The zero-order valence-electron chi connectivity index (χ0n) is 17.4. The average molecular weight is 438 g/mol. The lowest BCUT2D eigenvalue weighted by Crippen LogP contribution is -2.49. The molecule has 3 aromatic carbocycles. The predicted molar refractivity (Wildman–Crippen MR) is 125 cm³/mol. The molecule has 31 heavy (non-hydrogen) atoms. The molecule has 1 amide bonds. The van der Waals surface area contributed by atoms with Crippen molar-refractivity contribution in [3.05, 3.63) is 78.4 Å². The number of hydrogen-bond donors (Lipinski definition) is 1. The van der Waals surface area contributed by atoms with Crippen LogP contribution in [-0.2, 0) is 10.0 Å². The highest BCUT2D eigenvalue weighted by Crippen LogP contribution is 2.19. The third-order valence-electron chi connectivity index (χ3n) is 5.65. The van der Waals surface area contributed by atoms with Gasteiger partial charge in [-0.1, -0.05) is 54.6 Å². The highest BCUT2D eigenvalue weighted by molar-refractivity contribution is 7.89. The second-order valence-corrected chi connectivity index (χ2v) is 9.76. The molecule has 0 aromatic heterocycles. The Kier molecular flexibility index (Phi) is 6.53. The van der Waals surface area contributed by atoms with E-state index in [1.165, 1.54) is 0 Å². The number of nitrogens with one attached hydrogen (secondary N) is 1. The third kappa shape index (κ3) is 5.06. The molecular formula is C24H27N3O3S. The van der Waals surface area contributed by atoms with Crippen LogP contribution in [-0.4, -0.2) is 57.1 Å². The number of para-hydroxylation sites is 1. The Bertz CT molecular complexity index is 1140. The van der Waals surface area contributed by atoms with Crippen molar-refractivity contribution in [2.75, 3.05) is 43.4 Å². The summed E-state index contributed by atoms with van der Waals surface area (Å²) in [6.45, 7) is 2.66. The molecular weight excluding hydrogens is 410 g/mol. The molecule has 6 nitrogen and oxygen atoms in total. The fraction of sp³-hybridized carbons (Fsp3) is 0.292. The topological polar surface area (TPSA) is 69.7 Å². The monoisotopic (exact) mass is 437 g/mol. The van der Waals surface area contributed by atoms with Crippen molar-refractivity contribution in [2.45, 2.75) is 6.42 Å². The minimum atomic E-state index is -3.33. The molecule has 1 aliphatic heterocycles. The van der Waals surface area contributed by atoms with Gasteiger partial charge in [-0.15, -0.1) is 0 Å². The second kappa shape index (κ2) is 9.49. The fourth-order valence-corrected chi connectivity index (χ4v) is 5.45. The van der Waals surface area contributed by atoms with Gasteiger partial charge in [-0.2, -0.15) is 4.31 Å². The van der Waals surface area contributed by atoms with Crippen molar-refractivity contribution in [2.24, 2.45) is 0 Å². The number of rotatable bonds is 7. The van der Waals surface area contributed by atoms with E-state index in [0.29, 0.717) is 44.7 Å². The van der Waals surface area contributed by atoms with Crippen LogP contribution in [0.15, 0.2) is 72.8 Å². The summed E-state index contributed by atoms with van der Waals surface area (Å²) in [5.74, 6) is -0.139. The minimum Gasteiger partial charge on any atom is -0.369 e. The average Bonchev–Trinajstić information content (AvgIpc) is 2.82. The van der Waals surface area contributed by atoms with Gasteiger partial charge in [0.1, 0.15) is 0 Å². The predicted octanol–water partition coefficient (Wildman–Crippen LogP) is 3.11. The maximum atomic E-state index is 12.7. The number of piperazine rings is 1.